The Morgan fingerprint density at radius 2 is 2.14 bits per heavy atom. The number of ether oxygens (including phenoxy) is 2. The predicted octanol–water partition coefficient (Wildman–Crippen LogP) is 1.31. The van der Waals surface area contributed by atoms with Gasteiger partial charge in [0.2, 0.25) is 10.0 Å². The van der Waals surface area contributed by atoms with Crippen LogP contribution in [-0.2, 0) is 21.3 Å². The Hall–Kier alpha value is -1.37. The molecule has 6 heteroatoms. The highest BCUT2D eigenvalue weighted by Crippen LogP contribution is 2.48. The molecule has 0 aromatic heterocycles. The lowest BCUT2D eigenvalue weighted by molar-refractivity contribution is 0.0298. The van der Waals surface area contributed by atoms with Crippen molar-refractivity contribution < 1.29 is 17.9 Å². The third-order valence-corrected chi connectivity index (χ3v) is 6.90. The van der Waals surface area contributed by atoms with Gasteiger partial charge in [0.25, 0.3) is 0 Å². The van der Waals surface area contributed by atoms with E-state index in [0.717, 1.165) is 11.3 Å². The zero-order chi connectivity index (χ0) is 14.7. The fraction of sp³-hybridized carbons (Fsp3) is 0.467. The molecule has 0 saturated carbocycles. The minimum Gasteiger partial charge on any atom is -0.497 e. The summed E-state index contributed by atoms with van der Waals surface area (Å²) < 4.78 is 37.9. The number of hydrogen-bond donors (Lipinski definition) is 0. The average Bonchev–Trinajstić information content (AvgIpc) is 3.10. The summed E-state index contributed by atoms with van der Waals surface area (Å²) in [4.78, 5) is 0. The smallest absolute Gasteiger partial charge is 0.220 e. The molecule has 3 aliphatic heterocycles. The highest BCUT2D eigenvalue weighted by Gasteiger charge is 2.63. The van der Waals surface area contributed by atoms with Gasteiger partial charge in [0.05, 0.1) is 13.2 Å². The van der Waals surface area contributed by atoms with Gasteiger partial charge >= 0.3 is 0 Å². The lowest BCUT2D eigenvalue weighted by Crippen LogP contribution is -2.36. The van der Waals surface area contributed by atoms with Gasteiger partial charge in [-0.05, 0) is 24.1 Å². The molecule has 1 spiro atoms. The number of methoxy groups -OCH3 is 1. The SMILES string of the molecule is COc1ccc(CN2C[C@@]34C=C[C@@H](C[C@@H]3S2(=O)=O)O4)cc1. The van der Waals surface area contributed by atoms with Crippen LogP contribution < -0.4 is 4.74 Å². The number of rotatable bonds is 3. The van der Waals surface area contributed by atoms with Gasteiger partial charge in [-0.3, -0.25) is 0 Å². The second-order valence-electron chi connectivity index (χ2n) is 5.86. The van der Waals surface area contributed by atoms with Crippen LogP contribution in [-0.4, -0.2) is 43.3 Å². The van der Waals surface area contributed by atoms with Crippen LogP contribution in [0.5, 0.6) is 5.75 Å². The van der Waals surface area contributed by atoms with Crippen molar-refractivity contribution in [3.05, 3.63) is 42.0 Å². The van der Waals surface area contributed by atoms with Gasteiger partial charge in [-0.25, -0.2) is 8.42 Å². The van der Waals surface area contributed by atoms with Crippen LogP contribution in [0.2, 0.25) is 0 Å². The number of hydrogen-bond acceptors (Lipinski definition) is 4. The largest absolute Gasteiger partial charge is 0.497 e. The van der Waals surface area contributed by atoms with E-state index >= 15 is 0 Å². The second kappa shape index (κ2) is 4.32. The summed E-state index contributed by atoms with van der Waals surface area (Å²) in [5, 5.41) is -0.418. The van der Waals surface area contributed by atoms with Gasteiger partial charge in [0, 0.05) is 13.1 Å². The van der Waals surface area contributed by atoms with E-state index in [4.69, 9.17) is 9.47 Å². The molecule has 3 heterocycles. The molecule has 1 aromatic carbocycles. The highest BCUT2D eigenvalue weighted by atomic mass is 32.2. The maximum atomic E-state index is 12.7. The quantitative estimate of drug-likeness (QED) is 0.790. The molecule has 0 amide bonds. The Morgan fingerprint density at radius 1 is 1.38 bits per heavy atom. The van der Waals surface area contributed by atoms with E-state index in [1.54, 1.807) is 11.4 Å². The van der Waals surface area contributed by atoms with Crippen molar-refractivity contribution in [2.24, 2.45) is 0 Å². The first-order valence-electron chi connectivity index (χ1n) is 7.03. The van der Waals surface area contributed by atoms with Crippen LogP contribution in [0.4, 0.5) is 0 Å². The van der Waals surface area contributed by atoms with Crippen molar-refractivity contribution in [1.82, 2.24) is 4.31 Å². The molecular weight excluding hydrogens is 290 g/mol. The lowest BCUT2D eigenvalue weighted by atomic mass is 9.94. The summed E-state index contributed by atoms with van der Waals surface area (Å²) in [6.07, 6.45) is 4.49. The molecule has 3 atom stereocenters. The third kappa shape index (κ3) is 1.86. The number of benzene rings is 1. The second-order valence-corrected chi connectivity index (χ2v) is 7.97. The van der Waals surface area contributed by atoms with Gasteiger partial charge in [-0.2, -0.15) is 4.31 Å². The Morgan fingerprint density at radius 3 is 2.76 bits per heavy atom. The molecule has 2 saturated heterocycles. The maximum Gasteiger partial charge on any atom is 0.220 e. The molecule has 0 N–H and O–H groups in total. The van der Waals surface area contributed by atoms with Gasteiger partial charge in [-0.15, -0.1) is 0 Å². The summed E-state index contributed by atoms with van der Waals surface area (Å²) in [6.45, 7) is 0.797. The first-order valence-corrected chi connectivity index (χ1v) is 8.53. The molecule has 0 radical (unpaired) electrons. The van der Waals surface area contributed by atoms with Gasteiger partial charge < -0.3 is 9.47 Å². The Balaban J connectivity index is 1.60. The van der Waals surface area contributed by atoms with Crippen LogP contribution >= 0.6 is 0 Å². The van der Waals surface area contributed by atoms with Crippen molar-refractivity contribution in [1.29, 1.82) is 0 Å². The minimum atomic E-state index is -3.29. The molecular formula is C15H17NO4S. The Bertz CT molecular complexity index is 697. The van der Waals surface area contributed by atoms with Gasteiger partial charge in [0.1, 0.15) is 16.6 Å². The van der Waals surface area contributed by atoms with Gasteiger partial charge in [0.15, 0.2) is 0 Å². The standard InChI is InChI=1S/C15H17NO4S/c1-19-12-4-2-11(3-5-12)9-16-10-15-7-6-13(20-15)8-14(15)21(16,17)18/h2-7,13-14H,8-10H2,1H3/t13-,14-,15-/m0/s1. The molecule has 4 rings (SSSR count). The van der Waals surface area contributed by atoms with E-state index in [0.29, 0.717) is 19.5 Å². The lowest BCUT2D eigenvalue weighted by Gasteiger charge is -2.19. The molecule has 5 nitrogen and oxygen atoms in total. The van der Waals surface area contributed by atoms with Crippen LogP contribution in [0.25, 0.3) is 0 Å². The van der Waals surface area contributed by atoms with E-state index in [2.05, 4.69) is 0 Å². The zero-order valence-electron chi connectivity index (χ0n) is 11.7. The first kappa shape index (κ1) is 13.3. The monoisotopic (exact) mass is 307 g/mol. The summed E-state index contributed by atoms with van der Waals surface area (Å²) in [7, 11) is -1.68. The van der Waals surface area contributed by atoms with E-state index in [1.165, 1.54) is 0 Å². The summed E-state index contributed by atoms with van der Waals surface area (Å²) in [6, 6.07) is 7.49. The van der Waals surface area contributed by atoms with Gasteiger partial charge in [-0.1, -0.05) is 24.3 Å². The van der Waals surface area contributed by atoms with Crippen molar-refractivity contribution in [3.63, 3.8) is 0 Å². The van der Waals surface area contributed by atoms with Crippen molar-refractivity contribution in [2.45, 2.75) is 29.9 Å². The molecule has 2 bridgehead atoms. The fourth-order valence-electron chi connectivity index (χ4n) is 3.54. The summed E-state index contributed by atoms with van der Waals surface area (Å²) in [5.41, 5.74) is 0.338. The molecule has 112 valence electrons. The molecule has 1 aromatic rings. The Labute approximate surface area is 124 Å². The van der Waals surface area contributed by atoms with E-state index in [9.17, 15) is 8.42 Å². The van der Waals surface area contributed by atoms with Crippen LogP contribution in [0.1, 0.15) is 12.0 Å². The Kier molecular flexibility index (Phi) is 2.73. The molecule has 0 unspecified atom stereocenters. The molecule has 21 heavy (non-hydrogen) atoms. The van der Waals surface area contributed by atoms with Crippen LogP contribution in [0, 0.1) is 0 Å². The first-order chi connectivity index (χ1) is 10.0. The molecule has 0 aliphatic carbocycles. The summed E-state index contributed by atoms with van der Waals surface area (Å²) in [5.74, 6) is 0.767. The summed E-state index contributed by atoms with van der Waals surface area (Å²) >= 11 is 0. The molecule has 2 fully saturated rings. The molecule has 3 aliphatic rings. The van der Waals surface area contributed by atoms with Crippen molar-refractivity contribution in [2.75, 3.05) is 13.7 Å². The average molecular weight is 307 g/mol. The van der Waals surface area contributed by atoms with Crippen molar-refractivity contribution >= 4 is 10.0 Å². The topological polar surface area (TPSA) is 55.8 Å². The number of nitrogens with zero attached hydrogens (tertiary/aromatic N) is 1. The number of sulfonamides is 1. The van der Waals surface area contributed by atoms with Crippen molar-refractivity contribution in [3.8, 4) is 5.75 Å². The normalized spacial score (nSPS) is 36.0. The zero-order valence-corrected chi connectivity index (χ0v) is 12.5. The van der Waals surface area contributed by atoms with Crippen LogP contribution in [0.15, 0.2) is 36.4 Å². The predicted molar refractivity (Wildman–Crippen MR) is 77.5 cm³/mol. The maximum absolute atomic E-state index is 12.7. The third-order valence-electron chi connectivity index (χ3n) is 4.62. The van der Waals surface area contributed by atoms with E-state index in [-0.39, 0.29) is 6.10 Å². The highest BCUT2D eigenvalue weighted by molar-refractivity contribution is 7.90. The van der Waals surface area contributed by atoms with E-state index in [1.807, 2.05) is 36.4 Å². The van der Waals surface area contributed by atoms with E-state index < -0.39 is 20.9 Å². The van der Waals surface area contributed by atoms with Crippen LogP contribution in [0.3, 0.4) is 0 Å². The fourth-order valence-corrected chi connectivity index (χ4v) is 5.76. The minimum absolute atomic E-state index is 0.0205. The number of fused-ring (bicyclic) bond motifs is 1.